The highest BCUT2D eigenvalue weighted by molar-refractivity contribution is 14.0. The van der Waals surface area contributed by atoms with Gasteiger partial charge in [-0.3, -0.25) is 4.99 Å². The van der Waals surface area contributed by atoms with Crippen LogP contribution in [0.2, 0.25) is 0 Å². The number of hydrogen-bond acceptors (Lipinski definition) is 3. The molecule has 2 N–H and O–H groups in total. The predicted molar refractivity (Wildman–Crippen MR) is 77.3 cm³/mol. The lowest BCUT2D eigenvalue weighted by molar-refractivity contribution is 0.336. The van der Waals surface area contributed by atoms with Crippen molar-refractivity contribution in [2.45, 2.75) is 24.0 Å². The first-order valence-corrected chi connectivity index (χ1v) is 6.92. The van der Waals surface area contributed by atoms with Crippen molar-refractivity contribution in [1.29, 1.82) is 0 Å². The molecule has 0 radical (unpaired) electrons. The van der Waals surface area contributed by atoms with Gasteiger partial charge < -0.3 is 10.6 Å². The first-order chi connectivity index (χ1) is 6.95. The zero-order valence-corrected chi connectivity index (χ0v) is 13.1. The molecule has 96 valence electrons. The third kappa shape index (κ3) is 3.22. The molecule has 1 saturated carbocycles. The zero-order chi connectivity index (χ0) is 11.5. The van der Waals surface area contributed by atoms with Gasteiger partial charge >= 0.3 is 0 Å². The van der Waals surface area contributed by atoms with Crippen LogP contribution >= 0.6 is 24.0 Å². The van der Waals surface area contributed by atoms with Crippen molar-refractivity contribution in [2.24, 2.45) is 4.99 Å². The van der Waals surface area contributed by atoms with Crippen LogP contribution < -0.4 is 10.6 Å². The Balaban J connectivity index is 0.00000225. The van der Waals surface area contributed by atoms with Gasteiger partial charge in [0.25, 0.3) is 0 Å². The molecule has 1 rings (SSSR count). The van der Waals surface area contributed by atoms with Crippen LogP contribution in [0, 0.1) is 0 Å². The van der Waals surface area contributed by atoms with E-state index in [4.69, 9.17) is 0 Å². The minimum absolute atomic E-state index is 0. The third-order valence-corrected chi connectivity index (χ3v) is 5.22. The van der Waals surface area contributed by atoms with E-state index in [9.17, 15) is 8.42 Å². The largest absolute Gasteiger partial charge is 0.359 e. The highest BCUT2D eigenvalue weighted by Crippen LogP contribution is 2.38. The Kier molecular flexibility index (Phi) is 6.02. The summed E-state index contributed by atoms with van der Waals surface area (Å²) in [5.41, 5.74) is 0. The number of rotatable bonds is 3. The lowest BCUT2D eigenvalue weighted by atomic mass is 9.84. The van der Waals surface area contributed by atoms with Crippen molar-refractivity contribution in [3.05, 3.63) is 0 Å². The summed E-state index contributed by atoms with van der Waals surface area (Å²) in [5, 5.41) is 5.90. The fraction of sp³-hybridized carbons (Fsp3) is 0.889. The van der Waals surface area contributed by atoms with E-state index < -0.39 is 14.6 Å². The third-order valence-electron chi connectivity index (χ3n) is 3.09. The second kappa shape index (κ2) is 6.04. The Morgan fingerprint density at radius 1 is 1.44 bits per heavy atom. The molecule has 0 aromatic carbocycles. The van der Waals surface area contributed by atoms with Gasteiger partial charge in [-0.25, -0.2) is 8.42 Å². The Morgan fingerprint density at radius 3 is 2.25 bits per heavy atom. The number of guanidine groups is 1. The van der Waals surface area contributed by atoms with Gasteiger partial charge in [-0.15, -0.1) is 24.0 Å². The summed E-state index contributed by atoms with van der Waals surface area (Å²) in [4.78, 5) is 3.95. The van der Waals surface area contributed by atoms with Gasteiger partial charge in [0.15, 0.2) is 15.8 Å². The van der Waals surface area contributed by atoms with Gasteiger partial charge in [0.05, 0.1) is 4.75 Å². The SMILES string of the molecule is CN=C(NC)NCC1(S(C)(=O)=O)CCC1.I. The van der Waals surface area contributed by atoms with E-state index in [-0.39, 0.29) is 24.0 Å². The molecule has 0 aliphatic heterocycles. The molecule has 7 heteroatoms. The van der Waals surface area contributed by atoms with Gasteiger partial charge in [-0.05, 0) is 12.8 Å². The van der Waals surface area contributed by atoms with Crippen LogP contribution in [0.5, 0.6) is 0 Å². The van der Waals surface area contributed by atoms with Crippen LogP contribution in [0.4, 0.5) is 0 Å². The van der Waals surface area contributed by atoms with Crippen molar-refractivity contribution in [3.63, 3.8) is 0 Å². The van der Waals surface area contributed by atoms with Crippen LogP contribution in [-0.4, -0.2) is 46.0 Å². The lowest BCUT2D eigenvalue weighted by Gasteiger charge is -2.40. The maximum absolute atomic E-state index is 11.6. The minimum Gasteiger partial charge on any atom is -0.359 e. The van der Waals surface area contributed by atoms with Crippen LogP contribution in [-0.2, 0) is 9.84 Å². The monoisotopic (exact) mass is 361 g/mol. The standard InChI is InChI=1S/C9H19N3O2S.HI/c1-10-8(11-2)12-7-9(5-4-6-9)15(3,13)14;/h4-7H2,1-3H3,(H2,10,11,12);1H. The maximum Gasteiger partial charge on any atom is 0.190 e. The Morgan fingerprint density at radius 2 is 2.00 bits per heavy atom. The van der Waals surface area contributed by atoms with E-state index in [1.54, 1.807) is 14.1 Å². The topological polar surface area (TPSA) is 70.6 Å². The molecule has 0 aromatic heterocycles. The first-order valence-electron chi connectivity index (χ1n) is 5.03. The average Bonchev–Trinajstić information content (AvgIpc) is 2.07. The molecular formula is C9H20IN3O2S. The molecule has 0 saturated heterocycles. The molecule has 0 bridgehead atoms. The molecule has 0 atom stereocenters. The smallest absolute Gasteiger partial charge is 0.190 e. The Labute approximate surface area is 114 Å². The fourth-order valence-electron chi connectivity index (χ4n) is 1.77. The Hall–Kier alpha value is -0.0500. The van der Waals surface area contributed by atoms with Crippen molar-refractivity contribution >= 4 is 39.8 Å². The number of nitrogens with zero attached hydrogens (tertiary/aromatic N) is 1. The molecule has 5 nitrogen and oxygen atoms in total. The van der Waals surface area contributed by atoms with Gasteiger partial charge in [-0.2, -0.15) is 0 Å². The summed E-state index contributed by atoms with van der Waals surface area (Å²) >= 11 is 0. The molecule has 1 aliphatic rings. The maximum atomic E-state index is 11.6. The minimum atomic E-state index is -2.99. The van der Waals surface area contributed by atoms with Crippen LogP contribution in [0.15, 0.2) is 4.99 Å². The molecular weight excluding hydrogens is 341 g/mol. The van der Waals surface area contributed by atoms with Crippen LogP contribution in [0.3, 0.4) is 0 Å². The normalized spacial score (nSPS) is 19.3. The van der Waals surface area contributed by atoms with Crippen LogP contribution in [0.1, 0.15) is 19.3 Å². The van der Waals surface area contributed by atoms with Crippen molar-refractivity contribution in [3.8, 4) is 0 Å². The van der Waals surface area contributed by atoms with Crippen LogP contribution in [0.25, 0.3) is 0 Å². The molecule has 0 aromatic rings. The van der Waals surface area contributed by atoms with Gasteiger partial charge in [-0.1, -0.05) is 6.42 Å². The van der Waals surface area contributed by atoms with Gasteiger partial charge in [0.1, 0.15) is 0 Å². The van der Waals surface area contributed by atoms with E-state index in [1.165, 1.54) is 6.26 Å². The van der Waals surface area contributed by atoms with Gasteiger partial charge in [0.2, 0.25) is 0 Å². The molecule has 1 fully saturated rings. The number of nitrogens with one attached hydrogen (secondary N) is 2. The Bertz CT molecular complexity index is 350. The zero-order valence-electron chi connectivity index (χ0n) is 9.91. The summed E-state index contributed by atoms with van der Waals surface area (Å²) < 4.78 is 22.7. The highest BCUT2D eigenvalue weighted by Gasteiger charge is 2.46. The summed E-state index contributed by atoms with van der Waals surface area (Å²) in [5.74, 6) is 0.630. The fourth-order valence-corrected chi connectivity index (χ4v) is 3.14. The molecule has 0 unspecified atom stereocenters. The van der Waals surface area contributed by atoms with E-state index in [1.807, 2.05) is 0 Å². The second-order valence-corrected chi connectivity index (χ2v) is 6.39. The van der Waals surface area contributed by atoms with E-state index in [0.29, 0.717) is 12.5 Å². The molecule has 0 heterocycles. The van der Waals surface area contributed by atoms with E-state index >= 15 is 0 Å². The molecule has 1 aliphatic carbocycles. The molecule has 0 amide bonds. The summed E-state index contributed by atoms with van der Waals surface area (Å²) in [7, 11) is 0.428. The average molecular weight is 361 g/mol. The lowest BCUT2D eigenvalue weighted by Crippen LogP contribution is -2.54. The molecule has 0 spiro atoms. The van der Waals surface area contributed by atoms with Crippen molar-refractivity contribution in [2.75, 3.05) is 26.9 Å². The predicted octanol–water partition coefficient (Wildman–Crippen LogP) is 0.366. The first kappa shape index (κ1) is 16.0. The summed E-state index contributed by atoms with van der Waals surface area (Å²) in [6.45, 7) is 0.444. The highest BCUT2D eigenvalue weighted by atomic mass is 127. The number of halogens is 1. The summed E-state index contributed by atoms with van der Waals surface area (Å²) in [6, 6.07) is 0. The van der Waals surface area contributed by atoms with E-state index in [2.05, 4.69) is 15.6 Å². The number of aliphatic imine (C=N–C) groups is 1. The number of sulfone groups is 1. The molecule has 16 heavy (non-hydrogen) atoms. The quantitative estimate of drug-likeness (QED) is 0.433. The van der Waals surface area contributed by atoms with Crippen molar-refractivity contribution < 1.29 is 8.42 Å². The summed E-state index contributed by atoms with van der Waals surface area (Å²) in [6.07, 6.45) is 3.81. The second-order valence-electron chi connectivity index (χ2n) is 3.98. The number of hydrogen-bond donors (Lipinski definition) is 2. The van der Waals surface area contributed by atoms with Crippen molar-refractivity contribution in [1.82, 2.24) is 10.6 Å². The van der Waals surface area contributed by atoms with Gasteiger partial charge in [0, 0.05) is 26.9 Å². The van der Waals surface area contributed by atoms with E-state index in [0.717, 1.165) is 19.3 Å².